The van der Waals surface area contributed by atoms with E-state index in [2.05, 4.69) is 65.3 Å². The number of para-hydroxylation sites is 1. The van der Waals surface area contributed by atoms with Crippen molar-refractivity contribution < 1.29 is 0 Å². The van der Waals surface area contributed by atoms with E-state index in [0.29, 0.717) is 5.11 Å². The zero-order valence-electron chi connectivity index (χ0n) is 14.5. The molecule has 0 fully saturated rings. The lowest BCUT2D eigenvalue weighted by molar-refractivity contribution is 0.847. The summed E-state index contributed by atoms with van der Waals surface area (Å²) in [6, 6.07) is 18.6. The van der Waals surface area contributed by atoms with E-state index >= 15 is 0 Å². The van der Waals surface area contributed by atoms with Gasteiger partial charge >= 0.3 is 0 Å². The molecule has 0 radical (unpaired) electrons. The Morgan fingerprint density at radius 2 is 1.80 bits per heavy atom. The van der Waals surface area contributed by atoms with Gasteiger partial charge < -0.3 is 5.32 Å². The zero-order chi connectivity index (χ0) is 17.6. The molecule has 0 spiro atoms. The van der Waals surface area contributed by atoms with E-state index < -0.39 is 0 Å². The van der Waals surface area contributed by atoms with Gasteiger partial charge in [0, 0.05) is 11.9 Å². The van der Waals surface area contributed by atoms with Crippen molar-refractivity contribution in [3.8, 4) is 0 Å². The second kappa shape index (κ2) is 7.94. The van der Waals surface area contributed by atoms with Gasteiger partial charge in [-0.05, 0) is 55.2 Å². The topological polar surface area (TPSA) is 49.0 Å². The van der Waals surface area contributed by atoms with Crippen molar-refractivity contribution in [2.75, 3.05) is 12.0 Å². The van der Waals surface area contributed by atoms with E-state index in [1.165, 1.54) is 16.5 Å². The first-order chi connectivity index (χ1) is 12.1. The van der Waals surface area contributed by atoms with Crippen LogP contribution in [-0.4, -0.2) is 16.6 Å². The Morgan fingerprint density at radius 1 is 1.00 bits per heavy atom. The maximum atomic E-state index is 5.31. The quantitative estimate of drug-likeness (QED) is 0.481. The molecule has 4 nitrogen and oxygen atoms in total. The average molecular weight is 350 g/mol. The van der Waals surface area contributed by atoms with Gasteiger partial charge in [0.15, 0.2) is 5.11 Å². The standard InChI is InChI=1S/C20H22N4S/c1-14-7-6-10-17-15(2)13-18(22-19(14)17)23-24-20(25)21-12-11-16-8-4-3-5-9-16/h3-10,13H,11-12H2,1-2H3,(H,22,23)(H2,21,24,25). The molecular formula is C20H22N4S. The minimum atomic E-state index is 0.556. The van der Waals surface area contributed by atoms with Crippen LogP contribution in [0.3, 0.4) is 0 Å². The lowest BCUT2D eigenvalue weighted by Gasteiger charge is -2.14. The van der Waals surface area contributed by atoms with Crippen molar-refractivity contribution in [3.63, 3.8) is 0 Å². The van der Waals surface area contributed by atoms with Crippen molar-refractivity contribution in [2.45, 2.75) is 20.3 Å². The molecule has 0 atom stereocenters. The van der Waals surface area contributed by atoms with Gasteiger partial charge in [0.2, 0.25) is 0 Å². The molecule has 1 heterocycles. The molecule has 5 heteroatoms. The summed E-state index contributed by atoms with van der Waals surface area (Å²) >= 11 is 5.31. The second-order valence-electron chi connectivity index (χ2n) is 6.04. The van der Waals surface area contributed by atoms with E-state index in [-0.39, 0.29) is 0 Å². The summed E-state index contributed by atoms with van der Waals surface area (Å²) in [5.74, 6) is 0.756. The summed E-state index contributed by atoms with van der Waals surface area (Å²) < 4.78 is 0. The highest BCUT2D eigenvalue weighted by molar-refractivity contribution is 7.80. The fourth-order valence-corrected chi connectivity index (χ4v) is 2.91. The highest BCUT2D eigenvalue weighted by Crippen LogP contribution is 2.22. The van der Waals surface area contributed by atoms with E-state index in [9.17, 15) is 0 Å². The molecule has 128 valence electrons. The monoisotopic (exact) mass is 350 g/mol. The minimum absolute atomic E-state index is 0.556. The molecular weight excluding hydrogens is 328 g/mol. The third-order valence-corrected chi connectivity index (χ3v) is 4.34. The lowest BCUT2D eigenvalue weighted by atomic mass is 10.1. The first-order valence-corrected chi connectivity index (χ1v) is 8.75. The number of aryl methyl sites for hydroxylation is 2. The van der Waals surface area contributed by atoms with Crippen molar-refractivity contribution in [3.05, 3.63) is 71.3 Å². The molecule has 0 bridgehead atoms. The van der Waals surface area contributed by atoms with Gasteiger partial charge in [0.1, 0.15) is 5.82 Å². The van der Waals surface area contributed by atoms with E-state index in [1.807, 2.05) is 24.3 Å². The predicted molar refractivity (Wildman–Crippen MR) is 109 cm³/mol. The summed E-state index contributed by atoms with van der Waals surface area (Å²) in [5.41, 5.74) is 10.7. The molecule has 2 aromatic carbocycles. The Bertz CT molecular complexity index is 878. The summed E-state index contributed by atoms with van der Waals surface area (Å²) in [4.78, 5) is 4.67. The van der Waals surface area contributed by atoms with Crippen LogP contribution in [0.1, 0.15) is 16.7 Å². The van der Waals surface area contributed by atoms with Crippen LogP contribution in [0, 0.1) is 13.8 Å². The molecule has 25 heavy (non-hydrogen) atoms. The van der Waals surface area contributed by atoms with Crippen LogP contribution in [0.2, 0.25) is 0 Å². The van der Waals surface area contributed by atoms with Crippen LogP contribution >= 0.6 is 12.2 Å². The summed E-state index contributed by atoms with van der Waals surface area (Å²) in [7, 11) is 0. The zero-order valence-corrected chi connectivity index (χ0v) is 15.3. The third kappa shape index (κ3) is 4.45. The van der Waals surface area contributed by atoms with Crippen LogP contribution < -0.4 is 16.2 Å². The highest BCUT2D eigenvalue weighted by Gasteiger charge is 2.05. The van der Waals surface area contributed by atoms with Gasteiger partial charge in [-0.1, -0.05) is 48.5 Å². The van der Waals surface area contributed by atoms with Crippen molar-refractivity contribution in [2.24, 2.45) is 0 Å². The third-order valence-electron chi connectivity index (χ3n) is 4.09. The molecule has 0 saturated heterocycles. The van der Waals surface area contributed by atoms with Crippen LogP contribution in [-0.2, 0) is 6.42 Å². The first-order valence-electron chi connectivity index (χ1n) is 8.34. The fourth-order valence-electron chi connectivity index (χ4n) is 2.76. The van der Waals surface area contributed by atoms with Gasteiger partial charge in [-0.15, -0.1) is 0 Å². The van der Waals surface area contributed by atoms with Gasteiger partial charge in [0.05, 0.1) is 5.52 Å². The first kappa shape index (κ1) is 17.2. The molecule has 3 N–H and O–H groups in total. The number of rotatable bonds is 5. The van der Waals surface area contributed by atoms with Gasteiger partial charge in [-0.25, -0.2) is 4.98 Å². The van der Waals surface area contributed by atoms with Crippen LogP contribution in [0.25, 0.3) is 10.9 Å². The molecule has 3 rings (SSSR count). The number of hydrogen-bond acceptors (Lipinski definition) is 3. The predicted octanol–water partition coefficient (Wildman–Crippen LogP) is 3.89. The Morgan fingerprint density at radius 3 is 2.60 bits per heavy atom. The summed E-state index contributed by atoms with van der Waals surface area (Å²) in [6.45, 7) is 4.94. The molecule has 0 aliphatic carbocycles. The minimum Gasteiger partial charge on any atom is -0.361 e. The normalized spacial score (nSPS) is 10.5. The number of nitrogens with one attached hydrogen (secondary N) is 3. The van der Waals surface area contributed by atoms with E-state index in [0.717, 1.165) is 29.9 Å². The van der Waals surface area contributed by atoms with E-state index in [4.69, 9.17) is 12.2 Å². The molecule has 0 aliphatic rings. The average Bonchev–Trinajstić information content (AvgIpc) is 2.62. The number of fused-ring (bicyclic) bond motifs is 1. The number of anilines is 1. The van der Waals surface area contributed by atoms with Gasteiger partial charge in [0.25, 0.3) is 0 Å². The van der Waals surface area contributed by atoms with Crippen LogP contribution in [0.5, 0.6) is 0 Å². The van der Waals surface area contributed by atoms with Crippen LogP contribution in [0.15, 0.2) is 54.6 Å². The Kier molecular flexibility index (Phi) is 5.46. The molecule has 0 amide bonds. The SMILES string of the molecule is Cc1cc(NNC(=S)NCCc2ccccc2)nc2c(C)cccc12. The summed E-state index contributed by atoms with van der Waals surface area (Å²) in [5, 5.41) is 4.93. The number of benzene rings is 2. The molecule has 0 unspecified atom stereocenters. The maximum Gasteiger partial charge on any atom is 0.185 e. The fraction of sp³-hybridized carbons (Fsp3) is 0.200. The number of pyridine rings is 1. The summed E-state index contributed by atoms with van der Waals surface area (Å²) in [6.07, 6.45) is 0.926. The second-order valence-corrected chi connectivity index (χ2v) is 6.45. The lowest BCUT2D eigenvalue weighted by Crippen LogP contribution is -2.39. The van der Waals surface area contributed by atoms with E-state index in [1.54, 1.807) is 0 Å². The number of hydrazine groups is 1. The van der Waals surface area contributed by atoms with Crippen molar-refractivity contribution in [1.29, 1.82) is 0 Å². The molecule has 1 aromatic heterocycles. The van der Waals surface area contributed by atoms with Gasteiger partial charge in [-0.2, -0.15) is 0 Å². The van der Waals surface area contributed by atoms with Crippen molar-refractivity contribution >= 4 is 34.1 Å². The Balaban J connectivity index is 1.55. The number of hydrogen-bond donors (Lipinski definition) is 3. The largest absolute Gasteiger partial charge is 0.361 e. The Hall–Kier alpha value is -2.66. The van der Waals surface area contributed by atoms with Gasteiger partial charge in [-0.3, -0.25) is 10.9 Å². The Labute approximate surface area is 153 Å². The maximum absolute atomic E-state index is 5.31. The smallest absolute Gasteiger partial charge is 0.185 e. The number of aromatic nitrogens is 1. The number of thiocarbonyl (C=S) groups is 1. The highest BCUT2D eigenvalue weighted by atomic mass is 32.1. The van der Waals surface area contributed by atoms with Crippen molar-refractivity contribution in [1.82, 2.24) is 15.7 Å². The number of nitrogens with zero attached hydrogens (tertiary/aromatic N) is 1. The van der Waals surface area contributed by atoms with Crippen LogP contribution in [0.4, 0.5) is 5.82 Å². The molecule has 3 aromatic rings. The molecule has 0 saturated carbocycles. The molecule has 0 aliphatic heterocycles.